The van der Waals surface area contributed by atoms with E-state index in [1.54, 1.807) is 86.1 Å². The van der Waals surface area contributed by atoms with Crippen LogP contribution in [0.1, 0.15) is 105 Å². The number of anilines is 1. The standard InChI is InChI=1S/C52H79N7O12S/c1-13-33(6)46(57(9)51(65)44(31(2)3)55-50(64)45(32(4)5)58(10)52(66)71-30-37-21-23-38(24-22-37)53-35(8)60)42(69-11)29-43(61)59-27-17-20-41(59)47(70-12)34(7)48(62)54-40(28-36-18-15-14-16-19-36)49(63)56-72(67,68)39-25-26-39/h14-16,18-19,21-24,31-34,39-42,44-47H,13,17,20,25-30H2,1-12H3,(H,53,60)(H,54,62)(H,55,64)(H,56,63)/t33-,34+,40-,41-,42+,44-,45-,46-,47+/m0/s1. The largest absolute Gasteiger partial charge is 0.445 e. The second-order valence-corrected chi connectivity index (χ2v) is 22.0. The Balaban J connectivity index is 1.47. The molecule has 0 unspecified atom stereocenters. The van der Waals surface area contributed by atoms with Crippen molar-refractivity contribution >= 4 is 57.2 Å². The van der Waals surface area contributed by atoms with E-state index in [0.29, 0.717) is 49.9 Å². The molecule has 4 N–H and O–H groups in total. The number of likely N-dealkylation sites (tertiary alicyclic amines) is 1. The van der Waals surface area contributed by atoms with Crippen molar-refractivity contribution in [2.45, 2.75) is 155 Å². The number of amides is 7. The van der Waals surface area contributed by atoms with Gasteiger partial charge in [0.05, 0.1) is 41.9 Å². The number of ether oxygens (including phenoxy) is 3. The number of likely N-dealkylation sites (N-methyl/N-ethyl adjacent to an activating group) is 2. The normalized spacial score (nSPS) is 18.1. The molecule has 2 aromatic rings. The third kappa shape index (κ3) is 15.9. The highest BCUT2D eigenvalue weighted by Gasteiger charge is 2.44. The summed E-state index contributed by atoms with van der Waals surface area (Å²) in [4.78, 5) is 99.9. The van der Waals surface area contributed by atoms with Gasteiger partial charge in [0.15, 0.2) is 0 Å². The van der Waals surface area contributed by atoms with E-state index in [1.165, 1.54) is 33.1 Å². The predicted octanol–water partition coefficient (Wildman–Crippen LogP) is 4.64. The molecular weight excluding hydrogens is 947 g/mol. The molecule has 2 aliphatic rings. The molecule has 4 rings (SSSR count). The van der Waals surface area contributed by atoms with Crippen LogP contribution in [0.25, 0.3) is 0 Å². The van der Waals surface area contributed by atoms with Gasteiger partial charge in [-0.1, -0.05) is 97.4 Å². The molecule has 1 heterocycles. The van der Waals surface area contributed by atoms with Gasteiger partial charge in [0, 0.05) is 53.9 Å². The molecule has 20 heteroatoms. The van der Waals surface area contributed by atoms with Crippen LogP contribution in [0.4, 0.5) is 10.5 Å². The predicted molar refractivity (Wildman–Crippen MR) is 272 cm³/mol. The zero-order chi connectivity index (χ0) is 53.6. The Bertz CT molecular complexity index is 2280. The molecule has 9 atom stereocenters. The summed E-state index contributed by atoms with van der Waals surface area (Å²) in [6, 6.07) is 11.4. The molecule has 1 aliphatic carbocycles. The van der Waals surface area contributed by atoms with Crippen molar-refractivity contribution in [3.05, 3.63) is 65.7 Å². The van der Waals surface area contributed by atoms with E-state index < -0.39 is 93.3 Å². The number of benzene rings is 2. The summed E-state index contributed by atoms with van der Waals surface area (Å²) in [5, 5.41) is 7.75. The van der Waals surface area contributed by atoms with E-state index in [2.05, 4.69) is 20.7 Å². The molecule has 2 fully saturated rings. The van der Waals surface area contributed by atoms with Crippen molar-refractivity contribution < 1.29 is 56.2 Å². The van der Waals surface area contributed by atoms with Gasteiger partial charge >= 0.3 is 6.09 Å². The Kier molecular flexibility index (Phi) is 22.0. The zero-order valence-electron chi connectivity index (χ0n) is 44.1. The number of methoxy groups -OCH3 is 2. The van der Waals surface area contributed by atoms with Crippen LogP contribution in [0.15, 0.2) is 54.6 Å². The monoisotopic (exact) mass is 1030 g/mol. The summed E-state index contributed by atoms with van der Waals surface area (Å²) in [6.45, 7) is 14.5. The fourth-order valence-corrected chi connectivity index (χ4v) is 10.8. The van der Waals surface area contributed by atoms with E-state index in [0.717, 1.165) is 5.56 Å². The summed E-state index contributed by atoms with van der Waals surface area (Å²) in [7, 11) is 2.15. The molecule has 1 saturated carbocycles. The van der Waals surface area contributed by atoms with Gasteiger partial charge in [-0.3, -0.25) is 38.4 Å². The first kappa shape index (κ1) is 59.0. The van der Waals surface area contributed by atoms with Crippen molar-refractivity contribution in [1.82, 2.24) is 30.1 Å². The quantitative estimate of drug-likeness (QED) is 0.101. The maximum atomic E-state index is 14.6. The van der Waals surface area contributed by atoms with Gasteiger partial charge in [-0.05, 0) is 66.7 Å². The smallest absolute Gasteiger partial charge is 0.410 e. The summed E-state index contributed by atoms with van der Waals surface area (Å²) in [5.41, 5.74) is 1.98. The summed E-state index contributed by atoms with van der Waals surface area (Å²) < 4.78 is 45.3. The molecule has 0 bridgehead atoms. The van der Waals surface area contributed by atoms with Crippen molar-refractivity contribution in [2.24, 2.45) is 23.7 Å². The first-order chi connectivity index (χ1) is 33.9. The van der Waals surface area contributed by atoms with Gasteiger partial charge in [0.2, 0.25) is 39.6 Å². The topological polar surface area (TPSA) is 239 Å². The van der Waals surface area contributed by atoms with Crippen molar-refractivity contribution in [3.63, 3.8) is 0 Å². The molecular formula is C52H79N7O12S. The van der Waals surface area contributed by atoms with Crippen LogP contribution < -0.4 is 20.7 Å². The average molecular weight is 1030 g/mol. The number of carbonyl (C=O) groups is 7. The van der Waals surface area contributed by atoms with Crippen molar-refractivity contribution in [3.8, 4) is 0 Å². The summed E-state index contributed by atoms with van der Waals surface area (Å²) in [5.74, 6) is -4.63. The lowest BCUT2D eigenvalue weighted by atomic mass is 9.89. The first-order valence-corrected chi connectivity index (χ1v) is 26.6. The van der Waals surface area contributed by atoms with Crippen LogP contribution in [0.2, 0.25) is 0 Å². The molecule has 7 amide bonds. The van der Waals surface area contributed by atoms with Gasteiger partial charge in [-0.25, -0.2) is 13.2 Å². The lowest BCUT2D eigenvalue weighted by Gasteiger charge is -2.41. The third-order valence-corrected chi connectivity index (χ3v) is 15.7. The average Bonchev–Trinajstić information content (AvgIpc) is 4.10. The van der Waals surface area contributed by atoms with Crippen LogP contribution in [-0.4, -0.2) is 147 Å². The van der Waals surface area contributed by atoms with Gasteiger partial charge in [-0.15, -0.1) is 0 Å². The number of rotatable bonds is 26. The second-order valence-electron chi connectivity index (χ2n) is 20.0. The van der Waals surface area contributed by atoms with Crippen LogP contribution >= 0.6 is 0 Å². The number of carbonyl (C=O) groups excluding carboxylic acids is 7. The van der Waals surface area contributed by atoms with Crippen molar-refractivity contribution in [1.29, 1.82) is 0 Å². The molecule has 19 nitrogen and oxygen atoms in total. The Morgan fingerprint density at radius 1 is 0.778 bits per heavy atom. The van der Waals surface area contributed by atoms with E-state index in [1.807, 2.05) is 33.8 Å². The van der Waals surface area contributed by atoms with Gasteiger partial charge < -0.3 is 40.0 Å². The van der Waals surface area contributed by atoms with E-state index in [-0.39, 0.29) is 49.0 Å². The maximum Gasteiger partial charge on any atom is 0.410 e. The van der Waals surface area contributed by atoms with Crippen LogP contribution in [0, 0.1) is 23.7 Å². The number of hydrogen-bond acceptors (Lipinski definition) is 12. The highest BCUT2D eigenvalue weighted by molar-refractivity contribution is 7.90. The minimum absolute atomic E-state index is 0.0432. The SMILES string of the molecule is CC[C@H](C)[C@@H]([C@@H](CC(=O)N1CCC[C@H]1[C@H](OC)[C@@H](C)C(=O)N[C@@H](Cc1ccccc1)C(=O)NS(=O)(=O)C1CC1)OC)N(C)C(=O)[C@@H](NC(=O)[C@H](C(C)C)N(C)C(=O)OCc1ccc(NC(C)=O)cc1)C(C)C. The summed E-state index contributed by atoms with van der Waals surface area (Å²) in [6.07, 6.45) is 0.282. The molecule has 1 saturated heterocycles. The molecule has 1 aliphatic heterocycles. The number of hydrogen-bond donors (Lipinski definition) is 4. The Labute approximate surface area is 426 Å². The molecule has 72 heavy (non-hydrogen) atoms. The van der Waals surface area contributed by atoms with Gasteiger partial charge in [0.25, 0.3) is 5.91 Å². The van der Waals surface area contributed by atoms with Crippen molar-refractivity contribution in [2.75, 3.05) is 40.2 Å². The number of nitrogens with zero attached hydrogens (tertiary/aromatic N) is 3. The number of sulfonamides is 1. The maximum absolute atomic E-state index is 14.6. The lowest BCUT2D eigenvalue weighted by Crippen LogP contribution is -2.60. The summed E-state index contributed by atoms with van der Waals surface area (Å²) >= 11 is 0. The molecule has 400 valence electrons. The zero-order valence-corrected chi connectivity index (χ0v) is 45.0. The lowest BCUT2D eigenvalue weighted by molar-refractivity contribution is -0.148. The highest BCUT2D eigenvalue weighted by Crippen LogP contribution is 2.31. The Hall–Kier alpha value is -5.60. The minimum atomic E-state index is -3.89. The fraction of sp³-hybridized carbons (Fsp3) is 0.635. The molecule has 0 spiro atoms. The van der Waals surface area contributed by atoms with Gasteiger partial charge in [0.1, 0.15) is 24.7 Å². The minimum Gasteiger partial charge on any atom is -0.445 e. The molecule has 0 radical (unpaired) electrons. The van der Waals surface area contributed by atoms with E-state index >= 15 is 0 Å². The number of nitrogens with one attached hydrogen (secondary N) is 4. The van der Waals surface area contributed by atoms with Crippen LogP contribution in [-0.2, 0) is 66.0 Å². The van der Waals surface area contributed by atoms with Crippen LogP contribution in [0.3, 0.4) is 0 Å². The fourth-order valence-electron chi connectivity index (χ4n) is 9.49. The van der Waals surface area contributed by atoms with E-state index in [9.17, 15) is 42.0 Å². The first-order valence-electron chi connectivity index (χ1n) is 25.0. The Morgan fingerprint density at radius 3 is 1.96 bits per heavy atom. The highest BCUT2D eigenvalue weighted by atomic mass is 32.2. The Morgan fingerprint density at radius 2 is 1.42 bits per heavy atom. The second kappa shape index (κ2) is 26.9. The third-order valence-electron chi connectivity index (χ3n) is 13.9. The van der Waals surface area contributed by atoms with Gasteiger partial charge in [-0.2, -0.15) is 0 Å². The van der Waals surface area contributed by atoms with E-state index in [4.69, 9.17) is 14.2 Å². The van der Waals surface area contributed by atoms with Crippen LogP contribution in [0.5, 0.6) is 0 Å². The molecule has 2 aromatic carbocycles. The molecule has 0 aromatic heterocycles.